The van der Waals surface area contributed by atoms with Crippen LogP contribution >= 0.6 is 0 Å². The minimum absolute atomic E-state index is 0.0403. The number of imidazole rings is 1. The summed E-state index contributed by atoms with van der Waals surface area (Å²) in [6, 6.07) is 12.2. The summed E-state index contributed by atoms with van der Waals surface area (Å²) in [7, 11) is 0. The van der Waals surface area contributed by atoms with Crippen LogP contribution < -0.4 is 5.69 Å². The molecule has 1 aliphatic rings. The zero-order valence-electron chi connectivity index (χ0n) is 20.9. The van der Waals surface area contributed by atoms with Gasteiger partial charge in [0.1, 0.15) is 0 Å². The lowest BCUT2D eigenvalue weighted by Crippen LogP contribution is -2.50. The Balaban J connectivity index is 1.64. The van der Waals surface area contributed by atoms with Gasteiger partial charge in [0.15, 0.2) is 0 Å². The number of pyridine rings is 1. The number of likely N-dealkylation sites (tertiary alicyclic amines) is 1. The van der Waals surface area contributed by atoms with E-state index in [1.165, 1.54) is 5.56 Å². The predicted octanol–water partition coefficient (Wildman–Crippen LogP) is 4.87. The summed E-state index contributed by atoms with van der Waals surface area (Å²) in [5.74, 6) is 0. The van der Waals surface area contributed by atoms with Gasteiger partial charge in [0.2, 0.25) is 0 Å². The molecule has 1 saturated heterocycles. The molecule has 0 bridgehead atoms. The molecule has 6 nitrogen and oxygen atoms in total. The van der Waals surface area contributed by atoms with E-state index >= 15 is 0 Å². The topological polar surface area (TPSA) is 63.1 Å². The minimum Gasteiger partial charge on any atom is -0.375 e. The molecule has 0 unspecified atom stereocenters. The number of benzene rings is 1. The van der Waals surface area contributed by atoms with Crippen LogP contribution in [0.15, 0.2) is 47.4 Å². The molecule has 6 heteroatoms. The van der Waals surface area contributed by atoms with Gasteiger partial charge in [0, 0.05) is 42.5 Å². The van der Waals surface area contributed by atoms with Crippen LogP contribution in [-0.2, 0) is 16.8 Å². The van der Waals surface area contributed by atoms with Gasteiger partial charge in [-0.15, -0.1) is 0 Å². The van der Waals surface area contributed by atoms with Crippen LogP contribution in [0.1, 0.15) is 58.7 Å². The van der Waals surface area contributed by atoms with E-state index in [4.69, 9.17) is 4.74 Å². The minimum atomic E-state index is -0.312. The molecule has 1 atom stereocenters. The Morgan fingerprint density at radius 2 is 1.91 bits per heavy atom. The molecule has 2 aromatic heterocycles. The average molecular weight is 451 g/mol. The number of aromatic amines is 1. The number of aryl methyl sites for hydroxylation is 2. The van der Waals surface area contributed by atoms with Crippen molar-refractivity contribution in [2.45, 2.75) is 72.1 Å². The summed E-state index contributed by atoms with van der Waals surface area (Å²) < 4.78 is 8.24. The third-order valence-corrected chi connectivity index (χ3v) is 8.04. The van der Waals surface area contributed by atoms with E-state index in [0.29, 0.717) is 13.2 Å². The Hall–Kier alpha value is -2.44. The number of para-hydroxylation sites is 2. The first-order valence-electron chi connectivity index (χ1n) is 12.1. The van der Waals surface area contributed by atoms with Crippen LogP contribution in [0.3, 0.4) is 0 Å². The summed E-state index contributed by atoms with van der Waals surface area (Å²) in [6.07, 6.45) is 3.91. The van der Waals surface area contributed by atoms with Crippen molar-refractivity contribution in [3.63, 3.8) is 0 Å². The van der Waals surface area contributed by atoms with Crippen molar-refractivity contribution in [1.29, 1.82) is 0 Å². The number of hydrogen-bond acceptors (Lipinski definition) is 4. The van der Waals surface area contributed by atoms with Crippen molar-refractivity contribution in [3.8, 4) is 0 Å². The molecule has 0 amide bonds. The predicted molar refractivity (Wildman–Crippen MR) is 134 cm³/mol. The fraction of sp³-hybridized carbons (Fsp3) is 0.556. The zero-order valence-corrected chi connectivity index (χ0v) is 20.9. The molecule has 0 saturated carbocycles. The lowest BCUT2D eigenvalue weighted by atomic mass is 9.70. The van der Waals surface area contributed by atoms with Crippen molar-refractivity contribution in [2.75, 3.05) is 19.7 Å². The van der Waals surface area contributed by atoms with E-state index in [0.717, 1.165) is 42.7 Å². The second-order valence-corrected chi connectivity index (χ2v) is 10.5. The Labute approximate surface area is 197 Å². The normalized spacial score (nSPS) is 20.1. The molecule has 3 aromatic rings. The van der Waals surface area contributed by atoms with Gasteiger partial charge < -0.3 is 9.72 Å². The highest BCUT2D eigenvalue weighted by Gasteiger charge is 2.52. The van der Waals surface area contributed by atoms with Gasteiger partial charge in [-0.25, -0.2) is 4.79 Å². The zero-order chi connectivity index (χ0) is 23.9. The van der Waals surface area contributed by atoms with Crippen molar-refractivity contribution in [1.82, 2.24) is 19.4 Å². The van der Waals surface area contributed by atoms with Crippen molar-refractivity contribution < 1.29 is 4.74 Å². The van der Waals surface area contributed by atoms with Gasteiger partial charge in [-0.3, -0.25) is 14.5 Å². The third kappa shape index (κ3) is 4.26. The van der Waals surface area contributed by atoms with E-state index in [9.17, 15) is 4.79 Å². The van der Waals surface area contributed by atoms with E-state index in [2.05, 4.69) is 61.6 Å². The molecular formula is C27H38N4O2. The van der Waals surface area contributed by atoms with Crippen LogP contribution in [0, 0.1) is 12.3 Å². The van der Waals surface area contributed by atoms with Crippen LogP contribution in [0.25, 0.3) is 11.0 Å². The lowest BCUT2D eigenvalue weighted by molar-refractivity contribution is -0.111. The number of rotatable bonds is 8. The number of fused-ring (bicyclic) bond motifs is 1. The molecule has 178 valence electrons. The molecule has 33 heavy (non-hydrogen) atoms. The van der Waals surface area contributed by atoms with Gasteiger partial charge >= 0.3 is 5.69 Å². The number of hydrogen-bond donors (Lipinski definition) is 1. The fourth-order valence-corrected chi connectivity index (χ4v) is 5.53. The summed E-state index contributed by atoms with van der Waals surface area (Å²) >= 11 is 0. The molecule has 1 aromatic carbocycles. The second kappa shape index (κ2) is 8.73. The monoisotopic (exact) mass is 450 g/mol. The Kier molecular flexibility index (Phi) is 6.27. The largest absolute Gasteiger partial charge is 0.375 e. The fourth-order valence-electron chi connectivity index (χ4n) is 5.53. The highest BCUT2D eigenvalue weighted by molar-refractivity contribution is 5.74. The van der Waals surface area contributed by atoms with E-state index in [1.54, 1.807) is 0 Å². The van der Waals surface area contributed by atoms with E-state index < -0.39 is 0 Å². The van der Waals surface area contributed by atoms with E-state index in [-0.39, 0.29) is 22.2 Å². The summed E-state index contributed by atoms with van der Waals surface area (Å²) in [5, 5.41) is 0. The summed E-state index contributed by atoms with van der Waals surface area (Å²) in [5.41, 5.74) is 3.56. The first kappa shape index (κ1) is 23.7. The molecule has 3 heterocycles. The quantitative estimate of drug-likeness (QED) is 0.532. The molecule has 4 rings (SSSR count). The Bertz CT molecular complexity index is 1160. The van der Waals surface area contributed by atoms with Crippen LogP contribution in [-0.4, -0.2) is 44.7 Å². The average Bonchev–Trinajstić information content (AvgIpc) is 3.35. The highest BCUT2D eigenvalue weighted by Crippen LogP contribution is 2.49. The molecule has 1 N–H and O–H groups in total. The van der Waals surface area contributed by atoms with Crippen LogP contribution in [0.5, 0.6) is 0 Å². The Morgan fingerprint density at radius 3 is 2.61 bits per heavy atom. The molecule has 1 aliphatic heterocycles. The maximum Gasteiger partial charge on any atom is 0.326 e. The number of nitrogens with one attached hydrogen (secondary N) is 1. The van der Waals surface area contributed by atoms with Gasteiger partial charge in [-0.2, -0.15) is 0 Å². The molecule has 0 radical (unpaired) electrons. The van der Waals surface area contributed by atoms with Crippen molar-refractivity contribution in [2.24, 2.45) is 5.41 Å². The standard InChI is InChI=1S/C27H38N4O2/c1-7-33-26(5,6)27(15-17-31-23-11-9-8-10-22(23)29-24(31)32)14-16-30(19-27)25(3,4)21-13-12-20(2)28-18-21/h8-13,18H,7,14-17,19H2,1-6H3,(H,29,32)/t27-/m1/s1. The Morgan fingerprint density at radius 1 is 1.15 bits per heavy atom. The summed E-state index contributed by atoms with van der Waals surface area (Å²) in [4.78, 5) is 22.8. The summed E-state index contributed by atoms with van der Waals surface area (Å²) in [6.45, 7) is 16.3. The van der Waals surface area contributed by atoms with Gasteiger partial charge in [0.05, 0.1) is 16.6 Å². The van der Waals surface area contributed by atoms with Gasteiger partial charge in [-0.05, 0) is 84.7 Å². The molecule has 0 aliphatic carbocycles. The maximum atomic E-state index is 12.7. The van der Waals surface area contributed by atoms with Crippen LogP contribution in [0.2, 0.25) is 0 Å². The van der Waals surface area contributed by atoms with Crippen molar-refractivity contribution in [3.05, 3.63) is 64.3 Å². The first-order chi connectivity index (χ1) is 15.6. The SMILES string of the molecule is CCOC(C)(C)[C@@]1(CCn2c(=O)[nH]c3ccccc32)CCN(C(C)(C)c2ccc(C)nc2)C1. The van der Waals surface area contributed by atoms with Gasteiger partial charge in [-0.1, -0.05) is 18.2 Å². The second-order valence-electron chi connectivity index (χ2n) is 10.5. The molecular weight excluding hydrogens is 412 g/mol. The van der Waals surface area contributed by atoms with E-state index in [1.807, 2.05) is 42.0 Å². The number of aromatic nitrogens is 3. The maximum absolute atomic E-state index is 12.7. The van der Waals surface area contributed by atoms with Crippen molar-refractivity contribution >= 4 is 11.0 Å². The molecule has 1 fully saturated rings. The first-order valence-corrected chi connectivity index (χ1v) is 12.1. The highest BCUT2D eigenvalue weighted by atomic mass is 16.5. The van der Waals surface area contributed by atoms with Crippen LogP contribution in [0.4, 0.5) is 0 Å². The number of ether oxygens (including phenoxy) is 1. The smallest absolute Gasteiger partial charge is 0.326 e. The third-order valence-electron chi connectivity index (χ3n) is 8.04. The van der Waals surface area contributed by atoms with Gasteiger partial charge in [0.25, 0.3) is 0 Å². The number of H-pyrrole nitrogens is 1. The lowest BCUT2D eigenvalue weighted by Gasteiger charge is -2.46. The number of nitrogens with zero attached hydrogens (tertiary/aromatic N) is 3. The molecule has 0 spiro atoms.